The molecule has 0 radical (unpaired) electrons. The minimum absolute atomic E-state index is 0.0118. The maximum atomic E-state index is 12.4. The fraction of sp³-hybridized carbons (Fsp3) is 0.412. The molecule has 0 aromatic heterocycles. The predicted molar refractivity (Wildman–Crippen MR) is 80.5 cm³/mol. The molecule has 2 heterocycles. The molecule has 24 heavy (non-hydrogen) atoms. The van der Waals surface area contributed by atoms with Gasteiger partial charge in [-0.2, -0.15) is 0 Å². The number of carbonyl (C=O) groups is 4. The number of hydrogen-bond donors (Lipinski definition) is 0. The second kappa shape index (κ2) is 5.43. The topological polar surface area (TPSA) is 84.0 Å². The number of carbonyl (C=O) groups excluding carboxylic acids is 4. The van der Waals surface area contributed by atoms with E-state index in [0.29, 0.717) is 24.4 Å². The molecule has 7 nitrogen and oxygen atoms in total. The van der Waals surface area contributed by atoms with E-state index in [4.69, 9.17) is 4.84 Å². The summed E-state index contributed by atoms with van der Waals surface area (Å²) in [4.78, 5) is 55.8. The Kier molecular flexibility index (Phi) is 3.37. The van der Waals surface area contributed by atoms with Gasteiger partial charge < -0.3 is 9.74 Å². The van der Waals surface area contributed by atoms with Gasteiger partial charge in [0.2, 0.25) is 5.91 Å². The summed E-state index contributed by atoms with van der Waals surface area (Å²) in [5, 5.41) is 0.505. The van der Waals surface area contributed by atoms with E-state index in [9.17, 15) is 19.2 Å². The van der Waals surface area contributed by atoms with Gasteiger partial charge in [-0.25, -0.2) is 4.79 Å². The van der Waals surface area contributed by atoms with Gasteiger partial charge >= 0.3 is 5.97 Å². The summed E-state index contributed by atoms with van der Waals surface area (Å²) >= 11 is 0. The lowest BCUT2D eigenvalue weighted by Gasteiger charge is -2.24. The van der Waals surface area contributed by atoms with E-state index < -0.39 is 23.8 Å². The number of hydrogen-bond acceptors (Lipinski definition) is 5. The van der Waals surface area contributed by atoms with Crippen LogP contribution in [-0.4, -0.2) is 46.2 Å². The van der Waals surface area contributed by atoms with Crippen LogP contribution in [0.3, 0.4) is 0 Å². The Morgan fingerprint density at radius 3 is 2.21 bits per heavy atom. The van der Waals surface area contributed by atoms with Crippen LogP contribution in [0, 0.1) is 5.92 Å². The summed E-state index contributed by atoms with van der Waals surface area (Å²) in [7, 11) is 0. The molecule has 0 unspecified atom stereocenters. The highest BCUT2D eigenvalue weighted by Crippen LogP contribution is 2.34. The SMILES string of the molecule is O=C(ON1C(=O)c2ccccc2C1=O)[C@@H]1CCCN1C(=O)C1CC1. The van der Waals surface area contributed by atoms with Crippen LogP contribution in [0.25, 0.3) is 0 Å². The molecule has 1 aromatic carbocycles. The van der Waals surface area contributed by atoms with Crippen LogP contribution in [-0.2, 0) is 14.4 Å². The van der Waals surface area contributed by atoms with Crippen LogP contribution in [0.5, 0.6) is 0 Å². The third kappa shape index (κ3) is 2.28. The van der Waals surface area contributed by atoms with E-state index in [0.717, 1.165) is 12.8 Å². The molecule has 2 fully saturated rings. The van der Waals surface area contributed by atoms with Crippen LogP contribution < -0.4 is 0 Å². The Bertz CT molecular complexity index is 720. The van der Waals surface area contributed by atoms with Gasteiger partial charge in [-0.1, -0.05) is 17.2 Å². The van der Waals surface area contributed by atoms with E-state index >= 15 is 0 Å². The summed E-state index contributed by atoms with van der Waals surface area (Å²) in [6, 6.07) is 5.59. The second-order valence-corrected chi connectivity index (χ2v) is 6.32. The number of imide groups is 1. The number of rotatable bonds is 3. The first-order valence-corrected chi connectivity index (χ1v) is 8.08. The molecule has 1 saturated heterocycles. The predicted octanol–water partition coefficient (Wildman–Crippen LogP) is 1.14. The summed E-state index contributed by atoms with van der Waals surface area (Å²) in [6.45, 7) is 0.511. The highest BCUT2D eigenvalue weighted by Gasteiger charge is 2.44. The Balaban J connectivity index is 1.49. The number of hydroxylamine groups is 2. The van der Waals surface area contributed by atoms with Crippen molar-refractivity contribution in [3.63, 3.8) is 0 Å². The third-order valence-electron chi connectivity index (χ3n) is 4.67. The number of benzene rings is 1. The van der Waals surface area contributed by atoms with Crippen molar-refractivity contribution in [2.24, 2.45) is 5.92 Å². The van der Waals surface area contributed by atoms with Crippen molar-refractivity contribution in [3.05, 3.63) is 35.4 Å². The molecule has 2 aliphatic heterocycles. The molecule has 3 aliphatic rings. The summed E-state index contributed by atoms with van der Waals surface area (Å²) in [5.74, 6) is -2.05. The minimum atomic E-state index is -0.726. The summed E-state index contributed by atoms with van der Waals surface area (Å²) in [5.41, 5.74) is 0.431. The number of nitrogens with zero attached hydrogens (tertiary/aromatic N) is 2. The highest BCUT2D eigenvalue weighted by atomic mass is 16.7. The van der Waals surface area contributed by atoms with Crippen molar-refractivity contribution in [3.8, 4) is 0 Å². The fourth-order valence-electron chi connectivity index (χ4n) is 3.24. The summed E-state index contributed by atoms with van der Waals surface area (Å²) < 4.78 is 0. The van der Waals surface area contributed by atoms with Gasteiger partial charge in [-0.15, -0.1) is 0 Å². The minimum Gasteiger partial charge on any atom is -0.329 e. The lowest BCUT2D eigenvalue weighted by Crippen LogP contribution is -2.45. The van der Waals surface area contributed by atoms with E-state index in [-0.39, 0.29) is 23.0 Å². The van der Waals surface area contributed by atoms with Crippen LogP contribution >= 0.6 is 0 Å². The molecule has 0 bridgehead atoms. The molecule has 1 aliphatic carbocycles. The van der Waals surface area contributed by atoms with E-state index in [2.05, 4.69) is 0 Å². The molecule has 1 aromatic rings. The van der Waals surface area contributed by atoms with Crippen LogP contribution in [0.2, 0.25) is 0 Å². The molecule has 0 spiro atoms. The number of amides is 3. The van der Waals surface area contributed by atoms with Gasteiger partial charge in [0.15, 0.2) is 0 Å². The van der Waals surface area contributed by atoms with Crippen molar-refractivity contribution in [1.29, 1.82) is 0 Å². The zero-order valence-corrected chi connectivity index (χ0v) is 12.9. The normalized spacial score (nSPS) is 22.8. The Hall–Kier alpha value is -2.70. The van der Waals surface area contributed by atoms with Crippen molar-refractivity contribution in [1.82, 2.24) is 9.96 Å². The van der Waals surface area contributed by atoms with E-state index in [1.807, 2.05) is 0 Å². The average Bonchev–Trinajstić information content (AvgIpc) is 3.28. The maximum Gasteiger partial charge on any atom is 0.355 e. The first kappa shape index (κ1) is 14.9. The first-order chi connectivity index (χ1) is 11.6. The monoisotopic (exact) mass is 328 g/mol. The molecule has 1 atom stereocenters. The van der Waals surface area contributed by atoms with Crippen molar-refractivity contribution >= 4 is 23.7 Å². The van der Waals surface area contributed by atoms with Crippen LogP contribution in [0.1, 0.15) is 46.4 Å². The second-order valence-electron chi connectivity index (χ2n) is 6.32. The molecule has 3 amide bonds. The summed E-state index contributed by atoms with van der Waals surface area (Å²) in [6.07, 6.45) is 2.91. The smallest absolute Gasteiger partial charge is 0.329 e. The van der Waals surface area contributed by atoms with Gasteiger partial charge in [0.25, 0.3) is 11.8 Å². The molecule has 0 N–H and O–H groups in total. The Labute approximate surface area is 138 Å². The standard InChI is InChI=1S/C17H16N2O5/c20-14(10-7-8-10)18-9-3-6-13(18)17(23)24-19-15(21)11-4-1-2-5-12(11)16(19)22/h1-2,4-5,10,13H,3,6-9H2/t13-/m0/s1. The Morgan fingerprint density at radius 2 is 1.62 bits per heavy atom. The molecule has 7 heteroatoms. The van der Waals surface area contributed by atoms with Crippen molar-refractivity contribution in [2.45, 2.75) is 31.7 Å². The van der Waals surface area contributed by atoms with Gasteiger partial charge in [0.05, 0.1) is 11.1 Å². The number of likely N-dealkylation sites (tertiary alicyclic amines) is 1. The van der Waals surface area contributed by atoms with E-state index in [1.165, 1.54) is 17.0 Å². The number of fused-ring (bicyclic) bond motifs is 1. The zero-order chi connectivity index (χ0) is 16.8. The van der Waals surface area contributed by atoms with Crippen LogP contribution in [0.4, 0.5) is 0 Å². The molecule has 1 saturated carbocycles. The highest BCUT2D eigenvalue weighted by molar-refractivity contribution is 6.20. The maximum absolute atomic E-state index is 12.4. The van der Waals surface area contributed by atoms with Crippen LogP contribution in [0.15, 0.2) is 24.3 Å². The fourth-order valence-corrected chi connectivity index (χ4v) is 3.24. The Morgan fingerprint density at radius 1 is 1.00 bits per heavy atom. The quantitative estimate of drug-likeness (QED) is 0.777. The molecular formula is C17H16N2O5. The largest absolute Gasteiger partial charge is 0.355 e. The van der Waals surface area contributed by atoms with Gasteiger partial charge in [0, 0.05) is 12.5 Å². The van der Waals surface area contributed by atoms with E-state index in [1.54, 1.807) is 12.1 Å². The van der Waals surface area contributed by atoms with Gasteiger partial charge in [-0.05, 0) is 37.8 Å². The molecular weight excluding hydrogens is 312 g/mol. The zero-order valence-electron chi connectivity index (χ0n) is 12.9. The first-order valence-electron chi connectivity index (χ1n) is 8.08. The molecule has 4 rings (SSSR count). The van der Waals surface area contributed by atoms with Gasteiger partial charge in [0.1, 0.15) is 6.04 Å². The average molecular weight is 328 g/mol. The van der Waals surface area contributed by atoms with Gasteiger partial charge in [-0.3, -0.25) is 14.4 Å². The third-order valence-corrected chi connectivity index (χ3v) is 4.67. The molecule has 124 valence electrons. The lowest BCUT2D eigenvalue weighted by atomic mass is 10.1. The lowest BCUT2D eigenvalue weighted by molar-refractivity contribution is -0.175. The van der Waals surface area contributed by atoms with Crippen molar-refractivity contribution < 1.29 is 24.0 Å². The van der Waals surface area contributed by atoms with Crippen molar-refractivity contribution in [2.75, 3.05) is 6.54 Å².